The number of rotatable bonds is 5. The fourth-order valence-corrected chi connectivity index (χ4v) is 2.74. The molecular weight excluding hydrogens is 385 g/mol. The van der Waals surface area contributed by atoms with Gasteiger partial charge >= 0.3 is 5.97 Å². The van der Waals surface area contributed by atoms with Crippen molar-refractivity contribution in [3.63, 3.8) is 0 Å². The van der Waals surface area contributed by atoms with Gasteiger partial charge in [-0.05, 0) is 6.07 Å². The zero-order valence-corrected chi connectivity index (χ0v) is 15.5. The topological polar surface area (TPSA) is 101 Å². The summed E-state index contributed by atoms with van der Waals surface area (Å²) in [5.74, 6) is -0.170. The number of benzene rings is 1. The van der Waals surface area contributed by atoms with Crippen molar-refractivity contribution in [3.05, 3.63) is 33.6 Å². The largest absolute Gasteiger partial charge is 0.477 e. The third kappa shape index (κ3) is 3.23. The van der Waals surface area contributed by atoms with Crippen LogP contribution in [0, 0.1) is 0 Å². The van der Waals surface area contributed by atoms with Gasteiger partial charge in [0.1, 0.15) is 0 Å². The van der Waals surface area contributed by atoms with Crippen LogP contribution in [-0.4, -0.2) is 52.3 Å². The Morgan fingerprint density at radius 2 is 1.85 bits per heavy atom. The standard InChI is InChI=1S/C15H13Cl2N5O4/c1-24-13-14(25-2)19-12-7(11(17)8(16)4-9(12)18-13)5-22-6-10(20-21-22)15(23)26-3/h4,6H,5H2,1-3H3. The van der Waals surface area contributed by atoms with Gasteiger partial charge < -0.3 is 14.2 Å². The minimum absolute atomic E-state index is 0.0697. The van der Waals surface area contributed by atoms with Crippen LogP contribution in [0.2, 0.25) is 10.0 Å². The summed E-state index contributed by atoms with van der Waals surface area (Å²) in [7, 11) is 4.17. The van der Waals surface area contributed by atoms with E-state index in [9.17, 15) is 4.79 Å². The van der Waals surface area contributed by atoms with Gasteiger partial charge in [0, 0.05) is 5.56 Å². The maximum absolute atomic E-state index is 11.5. The summed E-state index contributed by atoms with van der Waals surface area (Å²) >= 11 is 12.6. The van der Waals surface area contributed by atoms with Crippen LogP contribution >= 0.6 is 23.2 Å². The number of halogens is 2. The number of hydrogen-bond acceptors (Lipinski definition) is 8. The monoisotopic (exact) mass is 397 g/mol. The molecule has 26 heavy (non-hydrogen) atoms. The number of carbonyl (C=O) groups excluding carboxylic acids is 1. The van der Waals surface area contributed by atoms with Gasteiger partial charge in [0.05, 0.1) is 55.1 Å². The first-order valence-corrected chi connectivity index (χ1v) is 7.99. The van der Waals surface area contributed by atoms with E-state index in [2.05, 4.69) is 25.0 Å². The average Bonchev–Trinajstić information content (AvgIpc) is 3.12. The molecule has 0 aliphatic heterocycles. The Bertz CT molecular complexity index is 992. The van der Waals surface area contributed by atoms with E-state index >= 15 is 0 Å². The van der Waals surface area contributed by atoms with Crippen LogP contribution in [0.1, 0.15) is 16.1 Å². The van der Waals surface area contributed by atoms with Gasteiger partial charge in [-0.15, -0.1) is 5.10 Å². The zero-order chi connectivity index (χ0) is 18.8. The van der Waals surface area contributed by atoms with Crippen LogP contribution in [0.4, 0.5) is 0 Å². The molecule has 0 fully saturated rings. The van der Waals surface area contributed by atoms with Crippen LogP contribution in [-0.2, 0) is 11.3 Å². The van der Waals surface area contributed by atoms with Crippen molar-refractivity contribution < 1.29 is 19.0 Å². The maximum Gasteiger partial charge on any atom is 0.360 e. The first-order chi connectivity index (χ1) is 12.5. The van der Waals surface area contributed by atoms with Crippen molar-refractivity contribution >= 4 is 40.2 Å². The van der Waals surface area contributed by atoms with Crippen molar-refractivity contribution in [1.29, 1.82) is 0 Å². The Labute approximate surface area is 157 Å². The molecule has 0 spiro atoms. The fraction of sp³-hybridized carbons (Fsp3) is 0.267. The highest BCUT2D eigenvalue weighted by molar-refractivity contribution is 6.43. The quantitative estimate of drug-likeness (QED) is 0.604. The molecule has 0 bridgehead atoms. The SMILES string of the molecule is COC(=O)c1cn(Cc2c(Cl)c(Cl)cc3nc(OC)c(OC)nc23)nn1. The molecule has 0 amide bonds. The molecule has 3 rings (SSSR count). The number of aromatic nitrogens is 5. The summed E-state index contributed by atoms with van der Waals surface area (Å²) in [6.45, 7) is 0.157. The van der Waals surface area contributed by atoms with Crippen molar-refractivity contribution in [1.82, 2.24) is 25.0 Å². The van der Waals surface area contributed by atoms with Crippen molar-refractivity contribution in [2.24, 2.45) is 0 Å². The summed E-state index contributed by atoms with van der Waals surface area (Å²) in [6.07, 6.45) is 1.43. The summed E-state index contributed by atoms with van der Waals surface area (Å²) in [6, 6.07) is 1.58. The minimum atomic E-state index is -0.593. The normalized spacial score (nSPS) is 10.8. The van der Waals surface area contributed by atoms with E-state index in [0.717, 1.165) is 0 Å². The second-order valence-electron chi connectivity index (χ2n) is 5.05. The van der Waals surface area contributed by atoms with E-state index in [1.165, 1.54) is 32.2 Å². The lowest BCUT2D eigenvalue weighted by molar-refractivity contribution is 0.0594. The predicted molar refractivity (Wildman–Crippen MR) is 93.1 cm³/mol. The second kappa shape index (κ2) is 7.30. The van der Waals surface area contributed by atoms with Crippen LogP contribution < -0.4 is 9.47 Å². The van der Waals surface area contributed by atoms with E-state index < -0.39 is 5.97 Å². The Kier molecular flexibility index (Phi) is 5.10. The summed E-state index contributed by atoms with van der Waals surface area (Å²) < 4.78 is 16.4. The average molecular weight is 398 g/mol. The molecule has 0 aliphatic carbocycles. The molecule has 2 aromatic heterocycles. The molecule has 0 saturated heterocycles. The van der Waals surface area contributed by atoms with Crippen LogP contribution in [0.15, 0.2) is 12.3 Å². The molecule has 0 saturated carbocycles. The smallest absolute Gasteiger partial charge is 0.360 e. The number of hydrogen-bond donors (Lipinski definition) is 0. The number of methoxy groups -OCH3 is 3. The summed E-state index contributed by atoms with van der Waals surface area (Å²) in [4.78, 5) is 20.3. The lowest BCUT2D eigenvalue weighted by Gasteiger charge is -2.12. The van der Waals surface area contributed by atoms with Crippen LogP contribution in [0.3, 0.4) is 0 Å². The number of carbonyl (C=O) groups is 1. The molecule has 0 aliphatic rings. The van der Waals surface area contributed by atoms with Gasteiger partial charge in [0.15, 0.2) is 5.69 Å². The Morgan fingerprint density at radius 3 is 2.50 bits per heavy atom. The highest BCUT2D eigenvalue weighted by atomic mass is 35.5. The lowest BCUT2D eigenvalue weighted by Crippen LogP contribution is -2.05. The lowest BCUT2D eigenvalue weighted by atomic mass is 10.1. The number of esters is 1. The van der Waals surface area contributed by atoms with E-state index in [-0.39, 0.29) is 29.0 Å². The van der Waals surface area contributed by atoms with E-state index in [4.69, 9.17) is 32.7 Å². The first-order valence-electron chi connectivity index (χ1n) is 7.23. The van der Waals surface area contributed by atoms with Gasteiger partial charge in [0.25, 0.3) is 11.8 Å². The highest BCUT2D eigenvalue weighted by Gasteiger charge is 2.19. The predicted octanol–water partition coefficient (Wildman–Crippen LogP) is 2.38. The Morgan fingerprint density at radius 1 is 1.15 bits per heavy atom. The number of ether oxygens (including phenoxy) is 3. The first kappa shape index (κ1) is 18.2. The molecular formula is C15H13Cl2N5O4. The third-order valence-corrected chi connectivity index (χ3v) is 4.35. The molecule has 0 N–H and O–H groups in total. The summed E-state index contributed by atoms with van der Waals surface area (Å²) in [5.41, 5.74) is 1.55. The van der Waals surface area contributed by atoms with Gasteiger partial charge in [0.2, 0.25) is 0 Å². The Balaban J connectivity index is 2.13. The van der Waals surface area contributed by atoms with Crippen LogP contribution in [0.5, 0.6) is 11.8 Å². The molecule has 1 aromatic carbocycles. The number of nitrogens with zero attached hydrogens (tertiary/aromatic N) is 5. The molecule has 9 nitrogen and oxygen atoms in total. The fourth-order valence-electron chi connectivity index (χ4n) is 2.32. The van der Waals surface area contributed by atoms with Crippen LogP contribution in [0.25, 0.3) is 11.0 Å². The summed E-state index contributed by atoms with van der Waals surface area (Å²) in [5, 5.41) is 8.24. The Hall–Kier alpha value is -2.65. The second-order valence-corrected chi connectivity index (χ2v) is 5.84. The van der Waals surface area contributed by atoms with Crippen molar-refractivity contribution in [2.75, 3.05) is 21.3 Å². The molecule has 136 valence electrons. The van der Waals surface area contributed by atoms with E-state index in [1.54, 1.807) is 6.07 Å². The van der Waals surface area contributed by atoms with Crippen molar-refractivity contribution in [2.45, 2.75) is 6.54 Å². The van der Waals surface area contributed by atoms with E-state index in [1.807, 2.05) is 0 Å². The molecule has 0 atom stereocenters. The minimum Gasteiger partial charge on any atom is -0.477 e. The third-order valence-electron chi connectivity index (χ3n) is 3.52. The van der Waals surface area contributed by atoms with Gasteiger partial charge in [-0.3, -0.25) is 0 Å². The van der Waals surface area contributed by atoms with E-state index in [0.29, 0.717) is 21.6 Å². The van der Waals surface area contributed by atoms with Gasteiger partial charge in [-0.1, -0.05) is 28.4 Å². The van der Waals surface area contributed by atoms with Gasteiger partial charge in [-0.25, -0.2) is 19.4 Å². The molecule has 11 heteroatoms. The number of fused-ring (bicyclic) bond motifs is 1. The molecule has 0 radical (unpaired) electrons. The molecule has 2 heterocycles. The van der Waals surface area contributed by atoms with Gasteiger partial charge in [-0.2, -0.15) is 0 Å². The highest BCUT2D eigenvalue weighted by Crippen LogP contribution is 2.35. The zero-order valence-electron chi connectivity index (χ0n) is 14.0. The van der Waals surface area contributed by atoms with Crippen molar-refractivity contribution in [3.8, 4) is 11.8 Å². The molecule has 3 aromatic rings. The molecule has 0 unspecified atom stereocenters. The maximum atomic E-state index is 11.5.